The molecule has 1 aromatic heterocycles. The van der Waals surface area contributed by atoms with Crippen LogP contribution in [-0.2, 0) is 19.1 Å². The molecule has 2 aromatic rings. The first-order chi connectivity index (χ1) is 15.5. The molecule has 11 heteroatoms. The lowest BCUT2D eigenvalue weighted by Crippen LogP contribution is -2.45. The van der Waals surface area contributed by atoms with Crippen LogP contribution in [-0.4, -0.2) is 83.1 Å². The van der Waals surface area contributed by atoms with Gasteiger partial charge in [0, 0.05) is 11.8 Å². The summed E-state index contributed by atoms with van der Waals surface area (Å²) in [5, 5.41) is 14.8. The molecule has 1 aromatic carbocycles. The van der Waals surface area contributed by atoms with Crippen LogP contribution in [0.1, 0.15) is 0 Å². The molecule has 4 atom stereocenters. The van der Waals surface area contributed by atoms with Gasteiger partial charge in [0.2, 0.25) is 11.9 Å². The van der Waals surface area contributed by atoms with Crippen molar-refractivity contribution in [2.24, 2.45) is 0 Å². The van der Waals surface area contributed by atoms with Crippen molar-refractivity contribution >= 4 is 29.6 Å². The van der Waals surface area contributed by atoms with E-state index >= 15 is 0 Å². The lowest BCUT2D eigenvalue weighted by atomic mass is 10.1. The molecule has 0 unspecified atom stereocenters. The molecule has 4 rings (SSSR count). The summed E-state index contributed by atoms with van der Waals surface area (Å²) in [5.41, 5.74) is 1.59. The minimum Gasteiger partial charge on any atom is -0.496 e. The summed E-state index contributed by atoms with van der Waals surface area (Å²) in [6.45, 7) is 0.711. The van der Waals surface area contributed by atoms with Crippen molar-refractivity contribution in [3.8, 4) is 17.0 Å². The van der Waals surface area contributed by atoms with Gasteiger partial charge in [0.1, 0.15) is 18.0 Å². The van der Waals surface area contributed by atoms with Gasteiger partial charge in [0.15, 0.2) is 0 Å². The number of methoxy groups -OCH3 is 1. The van der Waals surface area contributed by atoms with Crippen LogP contribution >= 0.6 is 11.8 Å². The highest BCUT2D eigenvalue weighted by molar-refractivity contribution is 8.00. The predicted molar refractivity (Wildman–Crippen MR) is 118 cm³/mol. The molecule has 0 aliphatic carbocycles. The van der Waals surface area contributed by atoms with E-state index in [1.165, 1.54) is 0 Å². The third-order valence-electron chi connectivity index (χ3n) is 5.21. The summed E-state index contributed by atoms with van der Waals surface area (Å²) in [4.78, 5) is 31.6. The smallest absolute Gasteiger partial charge is 0.313 e. The summed E-state index contributed by atoms with van der Waals surface area (Å²) in [6, 6.07) is 8.99. The van der Waals surface area contributed by atoms with Gasteiger partial charge in [-0.15, -0.1) is 11.8 Å². The van der Waals surface area contributed by atoms with Crippen molar-refractivity contribution < 1.29 is 28.9 Å². The van der Waals surface area contributed by atoms with Crippen LogP contribution < -0.4 is 15.4 Å². The van der Waals surface area contributed by atoms with Gasteiger partial charge in [-0.2, -0.15) is 0 Å². The molecular weight excluding hydrogens is 436 g/mol. The van der Waals surface area contributed by atoms with Crippen molar-refractivity contribution in [1.29, 1.82) is 0 Å². The molecule has 1 amide bonds. The Bertz CT molecular complexity index is 977. The fourth-order valence-corrected chi connectivity index (χ4v) is 4.37. The quantitative estimate of drug-likeness (QED) is 0.498. The Labute approximate surface area is 189 Å². The number of thioether (sulfide) groups is 1. The lowest BCUT2D eigenvalue weighted by Gasteiger charge is -2.18. The van der Waals surface area contributed by atoms with Gasteiger partial charge < -0.3 is 30.0 Å². The minimum atomic E-state index is -0.947. The van der Waals surface area contributed by atoms with Gasteiger partial charge in [-0.1, -0.05) is 12.1 Å². The highest BCUT2D eigenvalue weighted by atomic mass is 32.2. The SMILES string of the molecule is COc1ccccc1-c1ccnc(N[C@@H]2CO[C@@H]3[C@@H]2OC[C@@H]3NC(=O)CSCC(=O)O)n1. The fourth-order valence-electron chi connectivity index (χ4n) is 3.83. The van der Waals surface area contributed by atoms with Crippen molar-refractivity contribution in [1.82, 2.24) is 15.3 Å². The van der Waals surface area contributed by atoms with Gasteiger partial charge in [-0.3, -0.25) is 9.59 Å². The lowest BCUT2D eigenvalue weighted by molar-refractivity contribution is -0.133. The molecule has 0 radical (unpaired) electrons. The van der Waals surface area contributed by atoms with Crippen LogP contribution in [0.4, 0.5) is 5.95 Å². The van der Waals surface area contributed by atoms with Gasteiger partial charge in [-0.25, -0.2) is 9.97 Å². The highest BCUT2D eigenvalue weighted by Crippen LogP contribution is 2.30. The number of rotatable bonds is 9. The Morgan fingerprint density at radius 3 is 2.69 bits per heavy atom. The Balaban J connectivity index is 1.36. The number of aliphatic carboxylic acids is 1. The first-order valence-electron chi connectivity index (χ1n) is 10.1. The van der Waals surface area contributed by atoms with E-state index in [0.29, 0.717) is 19.2 Å². The number of para-hydroxylation sites is 1. The third-order valence-corrected chi connectivity index (χ3v) is 6.13. The fraction of sp³-hybridized carbons (Fsp3) is 0.429. The molecule has 0 spiro atoms. The number of ether oxygens (including phenoxy) is 3. The van der Waals surface area contributed by atoms with E-state index in [4.69, 9.17) is 19.3 Å². The number of nitrogens with one attached hydrogen (secondary N) is 2. The summed E-state index contributed by atoms with van der Waals surface area (Å²) in [6.07, 6.45) is 1.13. The molecule has 2 saturated heterocycles. The zero-order valence-corrected chi connectivity index (χ0v) is 18.2. The van der Waals surface area contributed by atoms with Crippen molar-refractivity contribution in [2.45, 2.75) is 24.3 Å². The number of fused-ring (bicyclic) bond motifs is 1. The predicted octanol–water partition coefficient (Wildman–Crippen LogP) is 1.03. The van der Waals surface area contributed by atoms with Crippen molar-refractivity contribution in [2.75, 3.05) is 37.1 Å². The number of anilines is 1. The summed E-state index contributed by atoms with van der Waals surface area (Å²) < 4.78 is 17.2. The maximum atomic E-state index is 12.1. The first kappa shape index (κ1) is 22.3. The largest absolute Gasteiger partial charge is 0.496 e. The molecular formula is C21H24N4O6S. The second-order valence-electron chi connectivity index (χ2n) is 7.37. The van der Waals surface area contributed by atoms with E-state index in [-0.39, 0.29) is 41.7 Å². The van der Waals surface area contributed by atoms with Gasteiger partial charge >= 0.3 is 5.97 Å². The van der Waals surface area contributed by atoms with Gasteiger partial charge in [0.25, 0.3) is 0 Å². The average Bonchev–Trinajstić information content (AvgIpc) is 3.37. The van der Waals surface area contributed by atoms with Crippen LogP contribution in [0.5, 0.6) is 5.75 Å². The highest BCUT2D eigenvalue weighted by Gasteiger charge is 2.48. The van der Waals surface area contributed by atoms with E-state index in [1.807, 2.05) is 30.3 Å². The second kappa shape index (κ2) is 10.2. The van der Waals surface area contributed by atoms with Crippen molar-refractivity contribution in [3.63, 3.8) is 0 Å². The molecule has 0 bridgehead atoms. The van der Waals surface area contributed by atoms with E-state index in [1.54, 1.807) is 13.3 Å². The van der Waals surface area contributed by atoms with Gasteiger partial charge in [-0.05, 0) is 18.2 Å². The number of carboxylic acids is 1. The first-order valence-corrected chi connectivity index (χ1v) is 11.3. The number of carboxylic acid groups (broad SMARTS) is 1. The molecule has 3 N–H and O–H groups in total. The number of carbonyl (C=O) groups is 2. The van der Waals surface area contributed by atoms with Crippen molar-refractivity contribution in [3.05, 3.63) is 36.5 Å². The summed E-state index contributed by atoms with van der Waals surface area (Å²) in [5.74, 6) is -0.0532. The monoisotopic (exact) mass is 460 g/mol. The van der Waals surface area contributed by atoms with Crippen LogP contribution in [0.3, 0.4) is 0 Å². The molecule has 2 aliphatic rings. The zero-order chi connectivity index (χ0) is 22.5. The maximum Gasteiger partial charge on any atom is 0.313 e. The molecule has 2 fully saturated rings. The number of nitrogens with zero attached hydrogens (tertiary/aromatic N) is 2. The Morgan fingerprint density at radius 1 is 1.16 bits per heavy atom. The zero-order valence-electron chi connectivity index (χ0n) is 17.4. The number of aromatic nitrogens is 2. The summed E-state index contributed by atoms with van der Waals surface area (Å²) in [7, 11) is 1.62. The van der Waals surface area contributed by atoms with Crippen LogP contribution in [0, 0.1) is 0 Å². The van der Waals surface area contributed by atoms with Gasteiger partial charge in [0.05, 0.1) is 49.6 Å². The molecule has 0 saturated carbocycles. The van der Waals surface area contributed by atoms with E-state index in [2.05, 4.69) is 20.6 Å². The molecule has 2 aliphatic heterocycles. The van der Waals surface area contributed by atoms with Crippen LogP contribution in [0.15, 0.2) is 36.5 Å². The molecule has 3 heterocycles. The van der Waals surface area contributed by atoms with Crippen LogP contribution in [0.2, 0.25) is 0 Å². The molecule has 10 nitrogen and oxygen atoms in total. The van der Waals surface area contributed by atoms with E-state index in [0.717, 1.165) is 28.8 Å². The minimum absolute atomic E-state index is 0.0748. The second-order valence-corrected chi connectivity index (χ2v) is 8.36. The standard InChI is InChI=1S/C21H24N4O6S/c1-29-16-5-3-2-4-12(16)13-6-7-22-21(24-13)25-15-9-31-19-14(8-30-20(15)19)23-17(26)10-32-11-18(27)28/h2-7,14-15,19-20H,8-11H2,1H3,(H,23,26)(H,27,28)(H,22,24,25)/t14-,15+,19-,20+/m0/s1. The maximum absolute atomic E-state index is 12.1. The number of amides is 1. The number of carbonyl (C=O) groups excluding carboxylic acids is 1. The Morgan fingerprint density at radius 2 is 1.91 bits per heavy atom. The average molecular weight is 461 g/mol. The Hall–Kier alpha value is -2.89. The topological polar surface area (TPSA) is 132 Å². The Kier molecular flexibility index (Phi) is 7.08. The molecule has 170 valence electrons. The third kappa shape index (κ3) is 5.12. The number of hydrogen-bond acceptors (Lipinski definition) is 9. The van der Waals surface area contributed by atoms with E-state index < -0.39 is 5.97 Å². The molecule has 32 heavy (non-hydrogen) atoms. The summed E-state index contributed by atoms with van der Waals surface area (Å²) >= 11 is 1.05. The number of benzene rings is 1. The normalized spacial score (nSPS) is 24.0. The number of hydrogen-bond donors (Lipinski definition) is 3. The van der Waals surface area contributed by atoms with E-state index in [9.17, 15) is 9.59 Å². The van der Waals surface area contributed by atoms with Crippen LogP contribution in [0.25, 0.3) is 11.3 Å².